The van der Waals surface area contributed by atoms with Crippen LogP contribution >= 0.6 is 22.6 Å². The van der Waals surface area contributed by atoms with E-state index in [2.05, 4.69) is 63.3 Å². The van der Waals surface area contributed by atoms with Gasteiger partial charge in [-0.2, -0.15) is 0 Å². The van der Waals surface area contributed by atoms with E-state index in [1.54, 1.807) is 5.57 Å². The fourth-order valence-corrected chi connectivity index (χ4v) is 12.9. The quantitative estimate of drug-likeness (QED) is 0.139. The Hall–Kier alpha value is 0.230. The van der Waals surface area contributed by atoms with Gasteiger partial charge < -0.3 is 28.4 Å². The van der Waals surface area contributed by atoms with Gasteiger partial charge >= 0.3 is 0 Å². The van der Waals surface area contributed by atoms with Crippen LogP contribution < -0.4 is 0 Å². The molecule has 0 aromatic rings. The lowest BCUT2D eigenvalue weighted by atomic mass is 9.47. The molecule has 0 aromatic heterocycles. The van der Waals surface area contributed by atoms with Gasteiger partial charge in [0.2, 0.25) is 0 Å². The molecule has 268 valence electrons. The van der Waals surface area contributed by atoms with Crippen molar-refractivity contribution in [1.29, 1.82) is 0 Å². The Kier molecular flexibility index (Phi) is 9.87. The molecule has 7 rings (SSSR count). The van der Waals surface area contributed by atoms with Gasteiger partial charge in [0.25, 0.3) is 0 Å². The molecule has 3 aliphatic heterocycles. The third-order valence-electron chi connectivity index (χ3n) is 14.3. The Morgan fingerprint density at radius 3 is 2.34 bits per heavy atom. The molecule has 0 radical (unpaired) electrons. The summed E-state index contributed by atoms with van der Waals surface area (Å²) < 4.78 is 39.0. The minimum Gasteiger partial charge on any atom is -0.348 e. The first-order valence-corrected chi connectivity index (χ1v) is 20.7. The van der Waals surface area contributed by atoms with Crippen molar-refractivity contribution < 1.29 is 28.4 Å². The third-order valence-corrected chi connectivity index (χ3v) is 15.6. The molecular formula is C40H65IO6. The second kappa shape index (κ2) is 13.0. The maximum absolute atomic E-state index is 6.96. The van der Waals surface area contributed by atoms with Crippen LogP contribution in [0.3, 0.4) is 0 Å². The fraction of sp³-hybridized carbons (Fsp3) is 0.950. The summed E-state index contributed by atoms with van der Waals surface area (Å²) in [6, 6.07) is 0. The van der Waals surface area contributed by atoms with Crippen LogP contribution in [0.2, 0.25) is 0 Å². The predicted octanol–water partition coefficient (Wildman–Crippen LogP) is 9.61. The van der Waals surface area contributed by atoms with Crippen molar-refractivity contribution in [3.63, 3.8) is 0 Å². The number of allylic oxidation sites excluding steroid dienone is 1. The highest BCUT2D eigenvalue weighted by Gasteiger charge is 2.61. The van der Waals surface area contributed by atoms with Gasteiger partial charge in [-0.3, -0.25) is 0 Å². The maximum atomic E-state index is 6.96. The molecule has 6 nitrogen and oxygen atoms in total. The molecule has 7 aliphatic rings. The number of hydrogen-bond donors (Lipinski definition) is 0. The van der Waals surface area contributed by atoms with Crippen molar-refractivity contribution in [2.24, 2.45) is 46.3 Å². The molecule has 7 heteroatoms. The molecule has 3 saturated heterocycles. The van der Waals surface area contributed by atoms with Crippen LogP contribution in [0.25, 0.3) is 0 Å². The molecule has 0 unspecified atom stereocenters. The molecule has 0 N–H and O–H groups in total. The number of fused-ring (bicyclic) bond motifs is 6. The van der Waals surface area contributed by atoms with Gasteiger partial charge in [0.05, 0.1) is 16.6 Å². The van der Waals surface area contributed by atoms with E-state index in [-0.39, 0.29) is 40.7 Å². The zero-order valence-electron chi connectivity index (χ0n) is 30.9. The predicted molar refractivity (Wildman–Crippen MR) is 193 cm³/mol. The summed E-state index contributed by atoms with van der Waals surface area (Å²) in [6.45, 7) is 21.1. The molecule has 3 saturated carbocycles. The van der Waals surface area contributed by atoms with Crippen molar-refractivity contribution >= 4 is 22.6 Å². The summed E-state index contributed by atoms with van der Waals surface area (Å²) >= 11 is 2.48. The molecule has 0 aromatic carbocycles. The van der Waals surface area contributed by atoms with Crippen LogP contribution in [-0.2, 0) is 28.4 Å². The van der Waals surface area contributed by atoms with Gasteiger partial charge in [-0.1, -0.05) is 88.1 Å². The van der Waals surface area contributed by atoms with Gasteiger partial charge in [-0.05, 0) is 125 Å². The van der Waals surface area contributed by atoms with E-state index in [4.69, 9.17) is 28.4 Å². The first-order chi connectivity index (χ1) is 22.1. The lowest BCUT2D eigenvalue weighted by Gasteiger charge is -2.58. The van der Waals surface area contributed by atoms with Crippen LogP contribution in [0.1, 0.15) is 133 Å². The largest absolute Gasteiger partial charge is 0.348 e. The summed E-state index contributed by atoms with van der Waals surface area (Å²) in [5.74, 6) is 3.88. The minimum absolute atomic E-state index is 0.0306. The second-order valence-electron chi connectivity index (χ2n) is 18.6. The highest BCUT2D eigenvalue weighted by molar-refractivity contribution is 14.1. The number of ether oxygens (including phenoxy) is 6. The van der Waals surface area contributed by atoms with E-state index in [1.165, 1.54) is 57.8 Å². The van der Waals surface area contributed by atoms with Crippen molar-refractivity contribution in [3.05, 3.63) is 11.6 Å². The van der Waals surface area contributed by atoms with Crippen molar-refractivity contribution in [1.82, 2.24) is 0 Å². The highest BCUT2D eigenvalue weighted by atomic mass is 127. The Labute approximate surface area is 299 Å². The van der Waals surface area contributed by atoms with Crippen LogP contribution in [0.4, 0.5) is 0 Å². The average Bonchev–Trinajstić information content (AvgIpc) is 3.65. The van der Waals surface area contributed by atoms with E-state index in [0.29, 0.717) is 17.4 Å². The first kappa shape index (κ1) is 35.6. The number of hydrogen-bond acceptors (Lipinski definition) is 6. The summed E-state index contributed by atoms with van der Waals surface area (Å²) in [5, 5.41) is 0. The molecule has 47 heavy (non-hydrogen) atoms. The van der Waals surface area contributed by atoms with E-state index in [9.17, 15) is 0 Å². The molecule has 3 heterocycles. The Bertz CT molecular complexity index is 1170. The van der Waals surface area contributed by atoms with E-state index < -0.39 is 11.6 Å². The molecule has 6 fully saturated rings. The molecule has 0 amide bonds. The van der Waals surface area contributed by atoms with E-state index in [1.807, 2.05) is 27.7 Å². The smallest absolute Gasteiger partial charge is 0.172 e. The highest BCUT2D eigenvalue weighted by Crippen LogP contribution is 2.67. The molecule has 0 spiro atoms. The zero-order valence-corrected chi connectivity index (χ0v) is 33.1. The summed E-state index contributed by atoms with van der Waals surface area (Å²) in [6.07, 6.45) is 16.2. The van der Waals surface area contributed by atoms with Crippen molar-refractivity contribution in [2.45, 2.75) is 185 Å². The summed E-state index contributed by atoms with van der Waals surface area (Å²) in [7, 11) is 0. The standard InChI is InChI=1S/C40H65IO6/c1-23(2)11-10-12-24(3)28-15-16-29-27-14-13-25-21-26(17-19-39(25,8)30(27)18-20-40(28,29)9)43-36-32(41)34-35(47-38(6,7)46-34)33(44-36)31-22-42-37(4,5)45-31/h13,23-24,26-36H,10-12,14-22H2,1-9H3/t24-,26+,27+,28-,29+,30+,31+,32+,33-,34-,35+,36+,39+,40-/m1/s1. The van der Waals surface area contributed by atoms with Crippen LogP contribution in [0.15, 0.2) is 11.6 Å². The molecular weight excluding hydrogens is 703 g/mol. The van der Waals surface area contributed by atoms with Crippen LogP contribution in [-0.4, -0.2) is 58.9 Å². The van der Waals surface area contributed by atoms with E-state index in [0.717, 1.165) is 48.3 Å². The normalized spacial score (nSPS) is 49.2. The Morgan fingerprint density at radius 2 is 1.62 bits per heavy atom. The number of alkyl halides is 1. The van der Waals surface area contributed by atoms with Crippen LogP contribution in [0, 0.1) is 46.3 Å². The Morgan fingerprint density at radius 1 is 0.851 bits per heavy atom. The Balaban J connectivity index is 1.02. The summed E-state index contributed by atoms with van der Waals surface area (Å²) in [4.78, 5) is 0. The maximum Gasteiger partial charge on any atom is 0.172 e. The molecule has 0 bridgehead atoms. The topological polar surface area (TPSA) is 55.4 Å². The lowest BCUT2D eigenvalue weighted by Crippen LogP contribution is -2.59. The fourth-order valence-electron chi connectivity index (χ4n) is 12.0. The first-order valence-electron chi connectivity index (χ1n) is 19.4. The minimum atomic E-state index is -0.665. The van der Waals surface area contributed by atoms with Gasteiger partial charge in [0.15, 0.2) is 17.9 Å². The monoisotopic (exact) mass is 768 g/mol. The van der Waals surface area contributed by atoms with Crippen molar-refractivity contribution in [3.8, 4) is 0 Å². The third kappa shape index (κ3) is 6.58. The van der Waals surface area contributed by atoms with Gasteiger partial charge in [0.1, 0.15) is 24.4 Å². The summed E-state index contributed by atoms with van der Waals surface area (Å²) in [5.41, 5.74) is 2.51. The van der Waals surface area contributed by atoms with Gasteiger partial charge in [0, 0.05) is 0 Å². The zero-order chi connectivity index (χ0) is 33.5. The number of halogens is 1. The molecule has 14 atom stereocenters. The number of rotatable bonds is 8. The SMILES string of the molecule is CC(C)CCC[C@@H](C)[C@H]1CC[C@H]2[C@@H]3CC=C4C[C@@H](O[C@H]5O[C@H]([C@@H]6COC(C)(C)O6)[C@@H]6OC(C)(C)O[C@@H]6[C@@H]5I)CC[C@]4(C)[C@H]3CC[C@]12C. The second-order valence-corrected chi connectivity index (χ2v) is 20.1. The van der Waals surface area contributed by atoms with E-state index >= 15 is 0 Å². The lowest BCUT2D eigenvalue weighted by molar-refractivity contribution is -0.267. The van der Waals surface area contributed by atoms with Crippen molar-refractivity contribution in [2.75, 3.05) is 6.61 Å². The van der Waals surface area contributed by atoms with Gasteiger partial charge in [-0.25, -0.2) is 0 Å². The van der Waals surface area contributed by atoms with Gasteiger partial charge in [-0.15, -0.1) is 0 Å². The molecule has 4 aliphatic carbocycles. The average molecular weight is 769 g/mol. The van der Waals surface area contributed by atoms with Crippen LogP contribution in [0.5, 0.6) is 0 Å².